The highest BCUT2D eigenvalue weighted by atomic mass is 32.2. The number of aryl methyl sites for hydroxylation is 1. The van der Waals surface area contributed by atoms with Gasteiger partial charge in [-0.25, -0.2) is 0 Å². The molecule has 0 saturated carbocycles. The molecule has 0 amide bonds. The van der Waals surface area contributed by atoms with E-state index in [1.807, 2.05) is 0 Å². The molecule has 5 heteroatoms. The lowest BCUT2D eigenvalue weighted by Crippen LogP contribution is -2.06. The van der Waals surface area contributed by atoms with E-state index >= 15 is 0 Å². The Labute approximate surface area is 71.0 Å². The molecule has 0 aromatic carbocycles. The predicted octanol–water partition coefficient (Wildman–Crippen LogP) is 0.312. The van der Waals surface area contributed by atoms with E-state index in [-0.39, 0.29) is 12.2 Å². The lowest BCUT2D eigenvalue weighted by Gasteiger charge is -1.96. The second-order valence-electron chi connectivity index (χ2n) is 2.33. The normalized spacial score (nSPS) is 11.4. The molecule has 65 valence electrons. The number of rotatable bonds is 3. The predicted molar refractivity (Wildman–Crippen MR) is 43.2 cm³/mol. The zero-order chi connectivity index (χ0) is 9.03. The third-order valence-electron chi connectivity index (χ3n) is 1.34. The van der Waals surface area contributed by atoms with Crippen molar-refractivity contribution in [3.63, 3.8) is 0 Å². The molecule has 0 aliphatic carbocycles. The van der Waals surface area contributed by atoms with Gasteiger partial charge < -0.3 is 0 Å². The summed E-state index contributed by atoms with van der Waals surface area (Å²) >= 11 is 0. The van der Waals surface area contributed by atoms with Crippen LogP contribution in [-0.2, 0) is 16.5 Å². The van der Waals surface area contributed by atoms with E-state index in [9.17, 15) is 8.42 Å². The summed E-state index contributed by atoms with van der Waals surface area (Å²) in [4.78, 5) is 3.65. The van der Waals surface area contributed by atoms with Gasteiger partial charge in [0.1, 0.15) is 0 Å². The molecule has 1 N–H and O–H groups in total. The van der Waals surface area contributed by atoms with Crippen molar-refractivity contribution < 1.29 is 13.0 Å². The van der Waals surface area contributed by atoms with Gasteiger partial charge in [0.25, 0.3) is 10.1 Å². The van der Waals surface area contributed by atoms with Gasteiger partial charge >= 0.3 is 0 Å². The molecule has 0 atom stereocenters. The second-order valence-corrected chi connectivity index (χ2v) is 3.90. The van der Waals surface area contributed by atoms with Crippen LogP contribution in [0.25, 0.3) is 0 Å². The van der Waals surface area contributed by atoms with Crippen molar-refractivity contribution in [1.82, 2.24) is 4.98 Å². The topological polar surface area (TPSA) is 67.3 Å². The smallest absolute Gasteiger partial charge is 0.265 e. The highest BCUT2D eigenvalue weighted by Crippen LogP contribution is 1.98. The molecule has 1 radical (unpaired) electrons. The molecule has 1 aromatic heterocycles. The van der Waals surface area contributed by atoms with E-state index < -0.39 is 10.1 Å². The van der Waals surface area contributed by atoms with Crippen molar-refractivity contribution in [3.05, 3.63) is 30.1 Å². The number of hydrogen-bond acceptors (Lipinski definition) is 3. The Morgan fingerprint density at radius 3 is 2.83 bits per heavy atom. The summed E-state index contributed by atoms with van der Waals surface area (Å²) in [7, 11) is -3.86. The van der Waals surface area contributed by atoms with Crippen molar-refractivity contribution in [2.45, 2.75) is 6.42 Å². The second kappa shape index (κ2) is 3.64. The Hall–Kier alpha value is -0.940. The first-order chi connectivity index (χ1) is 5.58. The Morgan fingerprint density at radius 2 is 2.33 bits per heavy atom. The van der Waals surface area contributed by atoms with Crippen molar-refractivity contribution in [3.8, 4) is 0 Å². The summed E-state index contributed by atoms with van der Waals surface area (Å²) < 4.78 is 29.1. The van der Waals surface area contributed by atoms with E-state index in [4.69, 9.17) is 4.55 Å². The van der Waals surface area contributed by atoms with E-state index in [0.717, 1.165) is 5.56 Å². The SMILES string of the molecule is O=S(=O)(O)CCc1c[c]ncc1. The lowest BCUT2D eigenvalue weighted by atomic mass is 10.2. The third kappa shape index (κ3) is 3.45. The average Bonchev–Trinajstić information content (AvgIpc) is 2.02. The fourth-order valence-electron chi connectivity index (χ4n) is 0.747. The summed E-state index contributed by atoms with van der Waals surface area (Å²) in [5.41, 5.74) is 0.794. The maximum Gasteiger partial charge on any atom is 0.265 e. The molecule has 1 heterocycles. The van der Waals surface area contributed by atoms with Crippen LogP contribution < -0.4 is 0 Å². The molecule has 0 spiro atoms. The zero-order valence-electron chi connectivity index (χ0n) is 6.27. The van der Waals surface area contributed by atoms with Crippen LogP contribution in [0.5, 0.6) is 0 Å². The number of pyridine rings is 1. The van der Waals surface area contributed by atoms with Crippen LogP contribution in [-0.4, -0.2) is 23.7 Å². The van der Waals surface area contributed by atoms with Crippen LogP contribution in [0.1, 0.15) is 5.56 Å². The molecule has 0 aliphatic heterocycles. The van der Waals surface area contributed by atoms with Gasteiger partial charge in [0.15, 0.2) is 0 Å². The van der Waals surface area contributed by atoms with Gasteiger partial charge in [0.2, 0.25) is 0 Å². The van der Waals surface area contributed by atoms with Crippen LogP contribution in [0, 0.1) is 6.20 Å². The summed E-state index contributed by atoms with van der Waals surface area (Å²) in [6, 6.07) is 3.27. The largest absolute Gasteiger partial charge is 0.286 e. The van der Waals surface area contributed by atoms with Crippen molar-refractivity contribution >= 4 is 10.1 Å². The van der Waals surface area contributed by atoms with Crippen molar-refractivity contribution in [1.29, 1.82) is 0 Å². The summed E-state index contributed by atoms with van der Waals surface area (Å²) in [6.07, 6.45) is 4.39. The van der Waals surface area contributed by atoms with Crippen molar-refractivity contribution in [2.24, 2.45) is 0 Å². The number of nitrogens with zero attached hydrogens (tertiary/aromatic N) is 1. The van der Waals surface area contributed by atoms with Gasteiger partial charge in [-0.1, -0.05) is 0 Å². The minimum absolute atomic E-state index is 0.259. The van der Waals surface area contributed by atoms with Gasteiger partial charge in [-0.05, 0) is 24.1 Å². The standard InChI is InChI=1S/C7H8NO3S/c9-12(10,11)6-3-7-1-4-8-5-2-7/h1-2,4H,3,6H2,(H,9,10,11). The van der Waals surface area contributed by atoms with Crippen molar-refractivity contribution in [2.75, 3.05) is 5.75 Å². The highest BCUT2D eigenvalue weighted by Gasteiger charge is 2.03. The Kier molecular flexibility index (Phi) is 2.78. The first-order valence-corrected chi connectivity index (χ1v) is 4.95. The number of hydrogen-bond donors (Lipinski definition) is 1. The van der Waals surface area contributed by atoms with Gasteiger partial charge in [0.05, 0.1) is 11.9 Å². The fourth-order valence-corrected chi connectivity index (χ4v) is 1.24. The average molecular weight is 186 g/mol. The van der Waals surface area contributed by atoms with Gasteiger partial charge in [-0.15, -0.1) is 0 Å². The molecule has 4 nitrogen and oxygen atoms in total. The zero-order valence-corrected chi connectivity index (χ0v) is 7.08. The maximum atomic E-state index is 10.3. The molecular weight excluding hydrogens is 178 g/mol. The maximum absolute atomic E-state index is 10.3. The van der Waals surface area contributed by atoms with Crippen LogP contribution in [0.4, 0.5) is 0 Å². The quantitative estimate of drug-likeness (QED) is 0.690. The van der Waals surface area contributed by atoms with E-state index in [0.29, 0.717) is 0 Å². The molecular formula is C7H8NO3S. The molecule has 0 aliphatic rings. The molecule has 0 bridgehead atoms. The van der Waals surface area contributed by atoms with Crippen LogP contribution in [0.15, 0.2) is 18.3 Å². The molecule has 12 heavy (non-hydrogen) atoms. The van der Waals surface area contributed by atoms with Gasteiger partial charge in [0, 0.05) is 6.20 Å². The lowest BCUT2D eigenvalue weighted by molar-refractivity contribution is 0.482. The third-order valence-corrected chi connectivity index (χ3v) is 2.06. The van der Waals surface area contributed by atoms with Crippen LogP contribution >= 0.6 is 0 Å². The van der Waals surface area contributed by atoms with Crippen LogP contribution in [0.3, 0.4) is 0 Å². The Balaban J connectivity index is 2.56. The minimum atomic E-state index is -3.86. The summed E-state index contributed by atoms with van der Waals surface area (Å²) in [5, 5.41) is 0. The number of aromatic nitrogens is 1. The molecule has 0 fully saturated rings. The van der Waals surface area contributed by atoms with E-state index in [1.165, 1.54) is 6.20 Å². The summed E-state index contributed by atoms with van der Waals surface area (Å²) in [6.45, 7) is 0. The fraction of sp³-hybridized carbons (Fsp3) is 0.286. The minimum Gasteiger partial charge on any atom is -0.286 e. The van der Waals surface area contributed by atoms with Gasteiger partial charge in [-0.2, -0.15) is 8.42 Å². The van der Waals surface area contributed by atoms with E-state index in [1.54, 1.807) is 12.1 Å². The van der Waals surface area contributed by atoms with Gasteiger partial charge in [-0.3, -0.25) is 9.54 Å². The molecule has 1 aromatic rings. The first kappa shape index (κ1) is 9.15. The van der Waals surface area contributed by atoms with Crippen LogP contribution in [0.2, 0.25) is 0 Å². The highest BCUT2D eigenvalue weighted by molar-refractivity contribution is 7.85. The Bertz CT molecular complexity index is 333. The molecule has 1 rings (SSSR count). The van der Waals surface area contributed by atoms with E-state index in [2.05, 4.69) is 11.2 Å². The molecule has 0 unspecified atom stereocenters. The molecule has 0 saturated heterocycles. The monoisotopic (exact) mass is 186 g/mol. The first-order valence-electron chi connectivity index (χ1n) is 3.34. The Morgan fingerprint density at radius 1 is 1.58 bits per heavy atom. The summed E-state index contributed by atoms with van der Waals surface area (Å²) in [5.74, 6) is -0.259.